The molecule has 1 heterocycles. The predicted octanol–water partition coefficient (Wildman–Crippen LogP) is 0.876. The minimum atomic E-state index is 0.511. The molecule has 2 rings (SSSR count). The fourth-order valence-electron chi connectivity index (χ4n) is 1.34. The summed E-state index contributed by atoms with van der Waals surface area (Å²) in [5.74, 6) is 0.691. The van der Waals surface area contributed by atoms with E-state index in [1.54, 1.807) is 0 Å². The van der Waals surface area contributed by atoms with Crippen molar-refractivity contribution in [1.29, 1.82) is 0 Å². The Hall–Kier alpha value is -1.46. The van der Waals surface area contributed by atoms with Crippen LogP contribution in [0.15, 0.2) is 24.3 Å². The lowest BCUT2D eigenvalue weighted by Crippen LogP contribution is -2.12. The summed E-state index contributed by atoms with van der Waals surface area (Å²) >= 11 is 5.80. The van der Waals surface area contributed by atoms with Crippen LogP contribution in [-0.4, -0.2) is 26.8 Å². The summed E-state index contributed by atoms with van der Waals surface area (Å²) in [5, 5.41) is 12.8. The summed E-state index contributed by atoms with van der Waals surface area (Å²) in [6.07, 6.45) is 0.655. The fourth-order valence-corrected chi connectivity index (χ4v) is 1.47. The quantitative estimate of drug-likeness (QED) is 0.857. The van der Waals surface area contributed by atoms with E-state index in [1.807, 2.05) is 24.3 Å². The molecule has 0 radical (unpaired) electrons. The third-order valence-corrected chi connectivity index (χ3v) is 2.35. The van der Waals surface area contributed by atoms with Gasteiger partial charge in [0.2, 0.25) is 0 Å². The maximum atomic E-state index is 5.80. The molecule has 0 aliphatic heterocycles. The second-order valence-corrected chi connectivity index (χ2v) is 3.83. The molecule has 0 atom stereocenters. The lowest BCUT2D eigenvalue weighted by molar-refractivity contribution is 0.529. The van der Waals surface area contributed by atoms with Crippen LogP contribution in [0.2, 0.25) is 5.02 Å². The average molecular weight is 238 g/mol. The van der Waals surface area contributed by atoms with Gasteiger partial charge in [-0.25, -0.2) is 0 Å². The lowest BCUT2D eigenvalue weighted by atomic mass is 10.1. The monoisotopic (exact) mass is 237 g/mol. The summed E-state index contributed by atoms with van der Waals surface area (Å²) in [6.45, 7) is 1.10. The van der Waals surface area contributed by atoms with Gasteiger partial charge in [0.25, 0.3) is 0 Å². The first-order chi connectivity index (χ1) is 7.78. The molecule has 0 aliphatic rings. The normalized spacial score (nSPS) is 10.6. The van der Waals surface area contributed by atoms with E-state index in [2.05, 4.69) is 15.4 Å². The summed E-state index contributed by atoms with van der Waals surface area (Å²) in [6, 6.07) is 7.60. The summed E-state index contributed by atoms with van der Waals surface area (Å²) in [5.41, 5.74) is 6.50. The predicted molar refractivity (Wildman–Crippen MR) is 61.1 cm³/mol. The molecule has 0 aliphatic carbocycles. The Kier molecular flexibility index (Phi) is 3.48. The third kappa shape index (κ3) is 2.77. The second-order valence-electron chi connectivity index (χ2n) is 3.39. The summed E-state index contributed by atoms with van der Waals surface area (Å²) in [7, 11) is 0. The van der Waals surface area contributed by atoms with Crippen molar-refractivity contribution < 1.29 is 0 Å². The van der Waals surface area contributed by atoms with Gasteiger partial charge in [-0.1, -0.05) is 23.7 Å². The van der Waals surface area contributed by atoms with Gasteiger partial charge in [-0.15, -0.1) is 10.2 Å². The van der Waals surface area contributed by atoms with Crippen LogP contribution < -0.4 is 5.73 Å². The lowest BCUT2D eigenvalue weighted by Gasteiger charge is -1.96. The van der Waals surface area contributed by atoms with Crippen molar-refractivity contribution in [2.75, 3.05) is 6.54 Å². The molecule has 16 heavy (non-hydrogen) atoms. The Morgan fingerprint density at radius 3 is 2.69 bits per heavy atom. The molecule has 0 bridgehead atoms. The molecule has 0 saturated heterocycles. The van der Waals surface area contributed by atoms with E-state index in [0.29, 0.717) is 25.3 Å². The molecule has 1 aromatic carbocycles. The van der Waals surface area contributed by atoms with Crippen molar-refractivity contribution >= 4 is 11.6 Å². The average Bonchev–Trinajstić information content (AvgIpc) is 2.70. The first kappa shape index (κ1) is 11.0. The van der Waals surface area contributed by atoms with Gasteiger partial charge in [-0.2, -0.15) is 4.80 Å². The van der Waals surface area contributed by atoms with Gasteiger partial charge in [0.1, 0.15) is 0 Å². The Morgan fingerprint density at radius 1 is 1.25 bits per heavy atom. The molecule has 84 valence electrons. The highest BCUT2D eigenvalue weighted by atomic mass is 35.5. The maximum Gasteiger partial charge on any atom is 0.179 e. The van der Waals surface area contributed by atoms with Crippen LogP contribution >= 0.6 is 11.6 Å². The summed E-state index contributed by atoms with van der Waals surface area (Å²) < 4.78 is 0. The van der Waals surface area contributed by atoms with E-state index in [1.165, 1.54) is 4.80 Å². The number of hydrogen-bond acceptors (Lipinski definition) is 4. The van der Waals surface area contributed by atoms with Gasteiger partial charge in [0.15, 0.2) is 5.82 Å². The number of rotatable bonds is 4. The molecule has 0 fully saturated rings. The van der Waals surface area contributed by atoms with Gasteiger partial charge in [0, 0.05) is 18.0 Å². The molecule has 0 spiro atoms. The Balaban J connectivity index is 2.05. The van der Waals surface area contributed by atoms with E-state index >= 15 is 0 Å². The van der Waals surface area contributed by atoms with Crippen LogP contribution in [0.25, 0.3) is 0 Å². The smallest absolute Gasteiger partial charge is 0.179 e. The standard InChI is InChI=1S/C10H12ClN5/c11-9-3-1-8(2-4-9)7-10-13-15-16(14-10)6-5-12/h1-4H,5-7,12H2. The SMILES string of the molecule is NCCn1nnc(Cc2ccc(Cl)cc2)n1. The maximum absolute atomic E-state index is 5.80. The minimum Gasteiger partial charge on any atom is -0.329 e. The van der Waals surface area contributed by atoms with E-state index in [4.69, 9.17) is 17.3 Å². The number of nitrogens with zero attached hydrogens (tertiary/aromatic N) is 4. The highest BCUT2D eigenvalue weighted by molar-refractivity contribution is 6.30. The van der Waals surface area contributed by atoms with Crippen LogP contribution in [0.3, 0.4) is 0 Å². The van der Waals surface area contributed by atoms with Crippen LogP contribution in [0.4, 0.5) is 0 Å². The zero-order valence-corrected chi connectivity index (χ0v) is 9.43. The van der Waals surface area contributed by atoms with E-state index in [-0.39, 0.29) is 0 Å². The van der Waals surface area contributed by atoms with Gasteiger partial charge in [0.05, 0.1) is 6.54 Å². The van der Waals surface area contributed by atoms with Crippen LogP contribution in [0.5, 0.6) is 0 Å². The van der Waals surface area contributed by atoms with E-state index in [0.717, 1.165) is 10.6 Å². The van der Waals surface area contributed by atoms with Crippen molar-refractivity contribution in [3.05, 3.63) is 40.7 Å². The third-order valence-electron chi connectivity index (χ3n) is 2.10. The van der Waals surface area contributed by atoms with Crippen molar-refractivity contribution in [3.8, 4) is 0 Å². The fraction of sp³-hybridized carbons (Fsp3) is 0.300. The molecule has 5 nitrogen and oxygen atoms in total. The van der Waals surface area contributed by atoms with Crippen molar-refractivity contribution in [1.82, 2.24) is 20.2 Å². The topological polar surface area (TPSA) is 69.6 Å². The highest BCUT2D eigenvalue weighted by Crippen LogP contribution is 2.11. The second kappa shape index (κ2) is 5.05. The van der Waals surface area contributed by atoms with E-state index < -0.39 is 0 Å². The zero-order valence-electron chi connectivity index (χ0n) is 8.67. The van der Waals surface area contributed by atoms with Crippen molar-refractivity contribution in [2.24, 2.45) is 5.73 Å². The number of hydrogen-bond donors (Lipinski definition) is 1. The van der Waals surface area contributed by atoms with Crippen LogP contribution in [0.1, 0.15) is 11.4 Å². The van der Waals surface area contributed by atoms with Gasteiger partial charge in [-0.05, 0) is 22.9 Å². The number of halogens is 1. The summed E-state index contributed by atoms with van der Waals surface area (Å²) in [4.78, 5) is 1.51. The molecular formula is C10H12ClN5. The van der Waals surface area contributed by atoms with Crippen LogP contribution in [-0.2, 0) is 13.0 Å². The Bertz CT molecular complexity index is 450. The molecule has 2 aromatic rings. The molecule has 0 unspecified atom stereocenters. The highest BCUT2D eigenvalue weighted by Gasteiger charge is 2.03. The molecule has 1 aromatic heterocycles. The number of nitrogens with two attached hydrogens (primary N) is 1. The minimum absolute atomic E-state index is 0.511. The molecule has 6 heteroatoms. The van der Waals surface area contributed by atoms with Gasteiger partial charge in [-0.3, -0.25) is 0 Å². The first-order valence-electron chi connectivity index (χ1n) is 4.99. The first-order valence-corrected chi connectivity index (χ1v) is 5.37. The molecule has 2 N–H and O–H groups in total. The van der Waals surface area contributed by atoms with Gasteiger partial charge >= 0.3 is 0 Å². The Morgan fingerprint density at radius 2 is 2.00 bits per heavy atom. The van der Waals surface area contributed by atoms with Crippen molar-refractivity contribution in [2.45, 2.75) is 13.0 Å². The zero-order chi connectivity index (χ0) is 11.4. The molecule has 0 amide bonds. The number of tetrazole rings is 1. The Labute approximate surface area is 98.2 Å². The van der Waals surface area contributed by atoms with Crippen LogP contribution in [0, 0.1) is 0 Å². The van der Waals surface area contributed by atoms with Crippen molar-refractivity contribution in [3.63, 3.8) is 0 Å². The largest absolute Gasteiger partial charge is 0.329 e. The molecular weight excluding hydrogens is 226 g/mol. The molecule has 0 saturated carbocycles. The van der Waals surface area contributed by atoms with E-state index in [9.17, 15) is 0 Å². The van der Waals surface area contributed by atoms with Gasteiger partial charge < -0.3 is 5.73 Å². The number of aromatic nitrogens is 4. The number of benzene rings is 1.